The van der Waals surface area contributed by atoms with Crippen LogP contribution in [0.3, 0.4) is 0 Å². The van der Waals surface area contributed by atoms with E-state index in [0.29, 0.717) is 11.8 Å². The molecule has 0 atom stereocenters. The van der Waals surface area contributed by atoms with E-state index in [-0.39, 0.29) is 0 Å². The van der Waals surface area contributed by atoms with Crippen LogP contribution >= 0.6 is 11.3 Å². The van der Waals surface area contributed by atoms with E-state index >= 15 is 0 Å². The Kier molecular flexibility index (Phi) is 4.60. The Labute approximate surface area is 108 Å². The zero-order valence-corrected chi connectivity index (χ0v) is 11.3. The molecule has 2 rings (SSSR count). The van der Waals surface area contributed by atoms with E-state index in [9.17, 15) is 4.79 Å². The van der Waals surface area contributed by atoms with E-state index < -0.39 is 0 Å². The van der Waals surface area contributed by atoms with Crippen LogP contribution in [-0.2, 0) is 4.79 Å². The fourth-order valence-corrected chi connectivity index (χ4v) is 3.20. The van der Waals surface area contributed by atoms with E-state index in [1.54, 1.807) is 11.3 Å². The molecule has 0 aliphatic carbocycles. The first-order valence-electron chi connectivity index (χ1n) is 6.61. The number of piperidine rings is 1. The first kappa shape index (κ1) is 12.6. The van der Waals surface area contributed by atoms with Crippen molar-refractivity contribution < 1.29 is 4.79 Å². The molecule has 94 valence electrons. The molecule has 0 aromatic carbocycles. The summed E-state index contributed by atoms with van der Waals surface area (Å²) in [5.74, 6) is 1.03. The molecule has 0 bridgehead atoms. The van der Waals surface area contributed by atoms with Gasteiger partial charge in [0.2, 0.25) is 5.91 Å². The second-order valence-electron chi connectivity index (χ2n) is 4.82. The molecule has 0 spiro atoms. The molecule has 1 aliphatic rings. The van der Waals surface area contributed by atoms with E-state index in [1.807, 2.05) is 0 Å². The smallest absolute Gasteiger partial charge is 0.222 e. The number of nitrogens with zero attached hydrogens (tertiary/aromatic N) is 1. The first-order valence-corrected chi connectivity index (χ1v) is 7.55. The molecule has 1 saturated heterocycles. The fourth-order valence-electron chi connectivity index (χ4n) is 2.46. The lowest BCUT2D eigenvalue weighted by Crippen LogP contribution is -2.37. The Bertz CT molecular complexity index is 339. The molecule has 0 saturated carbocycles. The molecule has 0 N–H and O–H groups in total. The highest BCUT2D eigenvalue weighted by Gasteiger charge is 2.23. The lowest BCUT2D eigenvalue weighted by Gasteiger charge is -2.32. The molecule has 0 radical (unpaired) electrons. The highest BCUT2D eigenvalue weighted by molar-refractivity contribution is 7.07. The number of unbranched alkanes of at least 4 members (excludes halogenated alkanes) is 1. The highest BCUT2D eigenvalue weighted by atomic mass is 32.1. The summed E-state index contributed by atoms with van der Waals surface area (Å²) >= 11 is 1.77. The number of carbonyl (C=O) groups is 1. The van der Waals surface area contributed by atoms with Crippen LogP contribution in [-0.4, -0.2) is 23.9 Å². The minimum atomic E-state index is 0.357. The average molecular weight is 251 g/mol. The van der Waals surface area contributed by atoms with Gasteiger partial charge in [-0.3, -0.25) is 4.79 Å². The molecule has 17 heavy (non-hydrogen) atoms. The second-order valence-corrected chi connectivity index (χ2v) is 5.60. The summed E-state index contributed by atoms with van der Waals surface area (Å²) < 4.78 is 0. The van der Waals surface area contributed by atoms with Gasteiger partial charge < -0.3 is 4.90 Å². The van der Waals surface area contributed by atoms with E-state index in [4.69, 9.17) is 0 Å². The maximum Gasteiger partial charge on any atom is 0.222 e. The molecule has 0 unspecified atom stereocenters. The van der Waals surface area contributed by atoms with Crippen LogP contribution in [0, 0.1) is 0 Å². The zero-order chi connectivity index (χ0) is 12.1. The van der Waals surface area contributed by atoms with E-state index in [2.05, 4.69) is 28.7 Å². The maximum absolute atomic E-state index is 11.9. The Balaban J connectivity index is 1.80. The summed E-state index contributed by atoms with van der Waals surface area (Å²) in [6.45, 7) is 4.03. The third kappa shape index (κ3) is 3.32. The SMILES string of the molecule is CCCCC(=O)N1CCC(c2ccsc2)CC1. The number of hydrogen-bond acceptors (Lipinski definition) is 2. The first-order chi connectivity index (χ1) is 8.31. The predicted molar refractivity (Wildman–Crippen MR) is 72.4 cm³/mol. The molecule has 2 nitrogen and oxygen atoms in total. The van der Waals surface area contributed by atoms with Crippen LogP contribution in [0.2, 0.25) is 0 Å². The Morgan fingerprint density at radius 3 is 2.82 bits per heavy atom. The van der Waals surface area contributed by atoms with Gasteiger partial charge in [0.1, 0.15) is 0 Å². The summed E-state index contributed by atoms with van der Waals surface area (Å²) in [4.78, 5) is 13.9. The number of rotatable bonds is 4. The molecular formula is C14H21NOS. The van der Waals surface area contributed by atoms with Crippen LogP contribution < -0.4 is 0 Å². The third-order valence-corrected chi connectivity index (χ3v) is 4.31. The van der Waals surface area contributed by atoms with Crippen molar-refractivity contribution >= 4 is 17.2 Å². The van der Waals surface area contributed by atoms with Gasteiger partial charge in [0.15, 0.2) is 0 Å². The quantitative estimate of drug-likeness (QED) is 0.800. The standard InChI is InChI=1S/C14H21NOS/c1-2-3-4-14(16)15-8-5-12(6-9-15)13-7-10-17-11-13/h7,10-12H,2-6,8-9H2,1H3. The molecule has 1 fully saturated rings. The normalized spacial score (nSPS) is 17.4. The molecule has 1 amide bonds. The Morgan fingerprint density at radius 1 is 1.47 bits per heavy atom. The number of carbonyl (C=O) groups excluding carboxylic acids is 1. The largest absolute Gasteiger partial charge is 0.343 e. The lowest BCUT2D eigenvalue weighted by atomic mass is 9.91. The van der Waals surface area contributed by atoms with Gasteiger partial charge in [-0.05, 0) is 47.6 Å². The van der Waals surface area contributed by atoms with E-state index in [1.165, 1.54) is 5.56 Å². The number of thiophene rings is 1. The van der Waals surface area contributed by atoms with Crippen molar-refractivity contribution in [3.63, 3.8) is 0 Å². The third-order valence-electron chi connectivity index (χ3n) is 3.61. The summed E-state index contributed by atoms with van der Waals surface area (Å²) in [6.07, 6.45) is 5.14. The van der Waals surface area contributed by atoms with Crippen LogP contribution in [0.15, 0.2) is 16.8 Å². The summed E-state index contributed by atoms with van der Waals surface area (Å²) in [6, 6.07) is 2.23. The van der Waals surface area contributed by atoms with Crippen LogP contribution in [0.4, 0.5) is 0 Å². The fraction of sp³-hybridized carbons (Fsp3) is 0.643. The van der Waals surface area contributed by atoms with Crippen LogP contribution in [0.5, 0.6) is 0 Å². The molecule has 3 heteroatoms. The van der Waals surface area contributed by atoms with Crippen molar-refractivity contribution in [3.8, 4) is 0 Å². The minimum Gasteiger partial charge on any atom is -0.343 e. The van der Waals surface area contributed by atoms with Crippen molar-refractivity contribution in [1.82, 2.24) is 4.90 Å². The van der Waals surface area contributed by atoms with Gasteiger partial charge in [-0.25, -0.2) is 0 Å². The van der Waals surface area contributed by atoms with Gasteiger partial charge in [0.05, 0.1) is 0 Å². The van der Waals surface area contributed by atoms with Crippen LogP contribution in [0.25, 0.3) is 0 Å². The van der Waals surface area contributed by atoms with Gasteiger partial charge in [-0.15, -0.1) is 0 Å². The van der Waals surface area contributed by atoms with Gasteiger partial charge in [0, 0.05) is 19.5 Å². The number of amides is 1. The number of hydrogen-bond donors (Lipinski definition) is 0. The Hall–Kier alpha value is -0.830. The molecule has 1 aromatic rings. The van der Waals surface area contributed by atoms with Crippen LogP contribution in [0.1, 0.15) is 50.5 Å². The van der Waals surface area contributed by atoms with Gasteiger partial charge in [-0.1, -0.05) is 13.3 Å². The summed E-state index contributed by atoms with van der Waals surface area (Å²) in [5.41, 5.74) is 1.47. The predicted octanol–water partition coefficient (Wildman–Crippen LogP) is 3.64. The molecule has 1 aliphatic heterocycles. The molecule has 2 heterocycles. The summed E-state index contributed by atoms with van der Waals surface area (Å²) in [7, 11) is 0. The average Bonchev–Trinajstić information content (AvgIpc) is 2.90. The van der Waals surface area contributed by atoms with Crippen molar-refractivity contribution in [2.75, 3.05) is 13.1 Å². The van der Waals surface area contributed by atoms with Crippen molar-refractivity contribution in [3.05, 3.63) is 22.4 Å². The second kappa shape index (κ2) is 6.20. The minimum absolute atomic E-state index is 0.357. The highest BCUT2D eigenvalue weighted by Crippen LogP contribution is 2.29. The maximum atomic E-state index is 11.9. The lowest BCUT2D eigenvalue weighted by molar-refractivity contribution is -0.132. The van der Waals surface area contributed by atoms with Gasteiger partial charge in [-0.2, -0.15) is 11.3 Å². The monoisotopic (exact) mass is 251 g/mol. The summed E-state index contributed by atoms with van der Waals surface area (Å²) in [5, 5.41) is 4.40. The van der Waals surface area contributed by atoms with E-state index in [0.717, 1.165) is 45.2 Å². The van der Waals surface area contributed by atoms with Crippen molar-refractivity contribution in [1.29, 1.82) is 0 Å². The zero-order valence-electron chi connectivity index (χ0n) is 10.5. The van der Waals surface area contributed by atoms with Crippen molar-refractivity contribution in [2.24, 2.45) is 0 Å². The molecule has 1 aromatic heterocycles. The van der Waals surface area contributed by atoms with Gasteiger partial charge in [0.25, 0.3) is 0 Å². The molecular weight excluding hydrogens is 230 g/mol. The van der Waals surface area contributed by atoms with Gasteiger partial charge >= 0.3 is 0 Å². The number of likely N-dealkylation sites (tertiary alicyclic amines) is 1. The Morgan fingerprint density at radius 2 is 2.24 bits per heavy atom. The van der Waals surface area contributed by atoms with Crippen molar-refractivity contribution in [2.45, 2.75) is 44.9 Å². The topological polar surface area (TPSA) is 20.3 Å².